The van der Waals surface area contributed by atoms with E-state index < -0.39 is 19.7 Å². The maximum atomic E-state index is 13.5. The van der Waals surface area contributed by atoms with Crippen LogP contribution in [0.1, 0.15) is 20.8 Å². The molecule has 0 spiro atoms. The van der Waals surface area contributed by atoms with E-state index >= 15 is 0 Å². The van der Waals surface area contributed by atoms with Crippen LogP contribution in [0.25, 0.3) is 0 Å². The van der Waals surface area contributed by atoms with E-state index in [4.69, 9.17) is 4.74 Å². The number of hydrogen-bond acceptors (Lipinski definition) is 5. The minimum Gasteiger partial charge on any atom is -0.450 e. The van der Waals surface area contributed by atoms with Crippen LogP contribution in [0, 0.1) is 0 Å². The molecule has 0 heterocycles. The first-order valence-electron chi connectivity index (χ1n) is 4.96. The third kappa shape index (κ3) is 5.44. The van der Waals surface area contributed by atoms with Crippen LogP contribution in [0.4, 0.5) is 8.99 Å². The van der Waals surface area contributed by atoms with Gasteiger partial charge in [0, 0.05) is 6.61 Å². The molecule has 1 N–H and O–H groups in total. The molecule has 0 rings (SSSR count). The van der Waals surface area contributed by atoms with Gasteiger partial charge in [-0.25, -0.2) is 9.36 Å². The molecule has 0 aliphatic carbocycles. The normalized spacial score (nSPS) is 16.2. The molecule has 0 aliphatic heterocycles. The molecule has 16 heavy (non-hydrogen) atoms. The van der Waals surface area contributed by atoms with Crippen LogP contribution >= 0.6 is 7.68 Å². The number of alkyl carbamates (subject to hydrolysis) is 1. The summed E-state index contributed by atoms with van der Waals surface area (Å²) < 4.78 is 38.6. The molecule has 0 radical (unpaired) electrons. The third-order valence-corrected chi connectivity index (χ3v) is 2.88. The number of hydrogen-bond donors (Lipinski definition) is 1. The Labute approximate surface area is 94.0 Å². The first kappa shape index (κ1) is 15.3. The predicted octanol–water partition coefficient (Wildman–Crippen LogP) is 2.25. The lowest BCUT2D eigenvalue weighted by Crippen LogP contribution is -2.37. The van der Waals surface area contributed by atoms with Crippen molar-refractivity contribution >= 4 is 13.8 Å². The average Bonchev–Trinajstić information content (AvgIpc) is 2.17. The fraction of sp³-hybridized carbons (Fsp3) is 0.875. The van der Waals surface area contributed by atoms with Gasteiger partial charge >= 0.3 is 13.8 Å². The summed E-state index contributed by atoms with van der Waals surface area (Å²) in [7, 11) is -4.53. The molecule has 2 unspecified atom stereocenters. The number of carbonyl (C=O) groups is 1. The van der Waals surface area contributed by atoms with Crippen molar-refractivity contribution in [3.05, 3.63) is 0 Å². The molecule has 6 nitrogen and oxygen atoms in total. The number of carbonyl (C=O) groups excluding carboxylic acids is 1. The van der Waals surface area contributed by atoms with Crippen molar-refractivity contribution in [2.24, 2.45) is 0 Å². The van der Waals surface area contributed by atoms with Crippen LogP contribution in [0.5, 0.6) is 0 Å². The average molecular weight is 257 g/mol. The lowest BCUT2D eigenvalue weighted by molar-refractivity contribution is 0.0639. The lowest BCUT2D eigenvalue weighted by Gasteiger charge is -2.20. The highest BCUT2D eigenvalue weighted by Gasteiger charge is 2.37. The van der Waals surface area contributed by atoms with E-state index in [9.17, 15) is 13.6 Å². The van der Waals surface area contributed by atoms with Crippen molar-refractivity contribution in [2.45, 2.75) is 26.7 Å². The summed E-state index contributed by atoms with van der Waals surface area (Å²) in [6, 6.07) is 0. The van der Waals surface area contributed by atoms with Crippen molar-refractivity contribution in [3.8, 4) is 0 Å². The fourth-order valence-electron chi connectivity index (χ4n) is 0.883. The van der Waals surface area contributed by atoms with Crippen molar-refractivity contribution in [1.29, 1.82) is 0 Å². The predicted molar refractivity (Wildman–Crippen MR) is 55.9 cm³/mol. The van der Waals surface area contributed by atoms with E-state index in [0.717, 1.165) is 0 Å². The SMILES string of the molecule is CCOC(=O)NC(OCC)P(=O)(F)OCC. The molecule has 0 saturated carbocycles. The van der Waals surface area contributed by atoms with Gasteiger partial charge in [-0.05, 0) is 20.8 Å². The largest absolute Gasteiger partial charge is 0.450 e. The van der Waals surface area contributed by atoms with E-state index in [1.54, 1.807) is 13.8 Å². The van der Waals surface area contributed by atoms with Crippen LogP contribution < -0.4 is 5.32 Å². The molecule has 0 aromatic heterocycles. The first-order valence-corrected chi connectivity index (χ1v) is 6.55. The second-order valence-corrected chi connectivity index (χ2v) is 4.38. The molecule has 0 aromatic rings. The van der Waals surface area contributed by atoms with Crippen molar-refractivity contribution < 1.29 is 27.6 Å². The standard InChI is InChI=1S/C8H17FNO5P/c1-4-13-7(11)10-8(14-5-2)16(9,12)15-6-3/h8H,4-6H2,1-3H3,(H,10,11). The number of amides is 1. The second kappa shape index (κ2) is 7.60. The van der Waals surface area contributed by atoms with Crippen LogP contribution in [0.3, 0.4) is 0 Å². The molecule has 0 aliphatic rings. The Kier molecular flexibility index (Phi) is 7.29. The Hall–Kier alpha value is -0.650. The molecule has 0 bridgehead atoms. The quantitative estimate of drug-likeness (QED) is 0.559. The summed E-state index contributed by atoms with van der Waals surface area (Å²) >= 11 is 0. The Morgan fingerprint density at radius 1 is 1.31 bits per heavy atom. The molecule has 1 amide bonds. The summed E-state index contributed by atoms with van der Waals surface area (Å²) in [4.78, 5) is 11.0. The van der Waals surface area contributed by atoms with Gasteiger partial charge in [0.15, 0.2) is 0 Å². The molecule has 0 aromatic carbocycles. The zero-order valence-electron chi connectivity index (χ0n) is 9.57. The van der Waals surface area contributed by atoms with Gasteiger partial charge in [0.25, 0.3) is 0 Å². The minimum atomic E-state index is -4.53. The maximum absolute atomic E-state index is 13.5. The third-order valence-electron chi connectivity index (χ3n) is 1.43. The summed E-state index contributed by atoms with van der Waals surface area (Å²) in [5, 5.41) is 2.00. The highest BCUT2D eigenvalue weighted by molar-refractivity contribution is 7.54. The summed E-state index contributed by atoms with van der Waals surface area (Å²) in [6.07, 6.45) is -0.904. The molecular formula is C8H17FNO5P. The van der Waals surface area contributed by atoms with Gasteiger partial charge in [0.1, 0.15) is 0 Å². The van der Waals surface area contributed by atoms with E-state index in [-0.39, 0.29) is 19.8 Å². The van der Waals surface area contributed by atoms with E-state index in [0.29, 0.717) is 0 Å². The van der Waals surface area contributed by atoms with Crippen LogP contribution in [-0.2, 0) is 18.6 Å². The highest BCUT2D eigenvalue weighted by Crippen LogP contribution is 2.52. The molecule has 0 fully saturated rings. The van der Waals surface area contributed by atoms with E-state index in [1.165, 1.54) is 6.92 Å². The van der Waals surface area contributed by atoms with Gasteiger partial charge in [-0.3, -0.25) is 5.32 Å². The Bertz CT molecular complexity index is 263. The summed E-state index contributed by atoms with van der Waals surface area (Å²) in [5.74, 6) is -1.63. The van der Waals surface area contributed by atoms with Gasteiger partial charge in [-0.15, -0.1) is 0 Å². The van der Waals surface area contributed by atoms with Gasteiger partial charge in [-0.2, -0.15) is 4.20 Å². The topological polar surface area (TPSA) is 73.9 Å². The van der Waals surface area contributed by atoms with E-state index in [1.807, 2.05) is 5.32 Å². The van der Waals surface area contributed by atoms with Crippen LogP contribution in [-0.4, -0.2) is 31.9 Å². The maximum Gasteiger partial charge on any atom is 0.415 e. The zero-order valence-corrected chi connectivity index (χ0v) is 10.5. The van der Waals surface area contributed by atoms with E-state index in [2.05, 4.69) is 9.26 Å². The van der Waals surface area contributed by atoms with Crippen LogP contribution in [0.2, 0.25) is 0 Å². The van der Waals surface area contributed by atoms with Gasteiger partial charge < -0.3 is 14.0 Å². The van der Waals surface area contributed by atoms with Gasteiger partial charge in [-0.1, -0.05) is 0 Å². The van der Waals surface area contributed by atoms with Crippen LogP contribution in [0.15, 0.2) is 0 Å². The highest BCUT2D eigenvalue weighted by atomic mass is 31.2. The number of halogens is 1. The smallest absolute Gasteiger partial charge is 0.415 e. The minimum absolute atomic E-state index is 0.0814. The molecule has 8 heteroatoms. The second-order valence-electron chi connectivity index (χ2n) is 2.61. The number of rotatable bonds is 7. The number of ether oxygens (including phenoxy) is 2. The Balaban J connectivity index is 4.47. The monoisotopic (exact) mass is 257 g/mol. The lowest BCUT2D eigenvalue weighted by atomic mass is 10.8. The molecule has 0 saturated heterocycles. The summed E-state index contributed by atoms with van der Waals surface area (Å²) in [5.41, 5.74) is 0. The molecule has 96 valence electrons. The summed E-state index contributed by atoms with van der Waals surface area (Å²) in [6.45, 7) is 4.77. The fourth-order valence-corrected chi connectivity index (χ4v) is 1.96. The molecule has 2 atom stereocenters. The van der Waals surface area contributed by atoms with Gasteiger partial charge in [0.2, 0.25) is 5.97 Å². The molecular weight excluding hydrogens is 240 g/mol. The Morgan fingerprint density at radius 3 is 2.38 bits per heavy atom. The van der Waals surface area contributed by atoms with Crippen molar-refractivity contribution in [1.82, 2.24) is 5.32 Å². The van der Waals surface area contributed by atoms with Crippen molar-refractivity contribution in [2.75, 3.05) is 19.8 Å². The number of nitrogens with one attached hydrogen (secondary N) is 1. The Morgan fingerprint density at radius 2 is 1.94 bits per heavy atom. The van der Waals surface area contributed by atoms with Crippen molar-refractivity contribution in [3.63, 3.8) is 0 Å². The first-order chi connectivity index (χ1) is 7.47. The zero-order chi connectivity index (χ0) is 12.6. The van der Waals surface area contributed by atoms with Gasteiger partial charge in [0.05, 0.1) is 13.2 Å².